The van der Waals surface area contributed by atoms with Crippen molar-refractivity contribution in [2.75, 3.05) is 39.1 Å². The number of methoxy groups -OCH3 is 1. The summed E-state index contributed by atoms with van der Waals surface area (Å²) in [6.45, 7) is 5.95. The number of nitrogens with zero attached hydrogens (tertiary/aromatic N) is 6. The number of nitrogen functional groups attached to an aromatic ring is 1. The van der Waals surface area contributed by atoms with E-state index in [-0.39, 0.29) is 55.8 Å². The Morgan fingerprint density at radius 1 is 1.02 bits per heavy atom. The van der Waals surface area contributed by atoms with Crippen molar-refractivity contribution in [3.63, 3.8) is 0 Å². The summed E-state index contributed by atoms with van der Waals surface area (Å²) in [6.07, 6.45) is 0.851. The SMILES string of the molecule is COc1cc2ccc1OCCn1cc(nn1)CCN(C(=O)c1cc(C(C)C)nc(N)n1)CCNC(=O)[C@H]([C@@H](C)O)NC(=O)[C@@H](Cc1ccccc1)NC2=O. The van der Waals surface area contributed by atoms with Crippen LogP contribution in [0, 0.1) is 0 Å². The van der Waals surface area contributed by atoms with E-state index in [0.717, 1.165) is 5.56 Å². The number of hydrogen-bond donors (Lipinski definition) is 5. The van der Waals surface area contributed by atoms with Crippen LogP contribution >= 0.6 is 0 Å². The molecule has 0 unspecified atom stereocenters. The number of carbonyl (C=O) groups excluding carboxylic acids is 4. The summed E-state index contributed by atoms with van der Waals surface area (Å²) in [5.74, 6) is -1.76. The van der Waals surface area contributed by atoms with Crippen LogP contribution in [0.3, 0.4) is 0 Å². The van der Waals surface area contributed by atoms with Gasteiger partial charge in [-0.25, -0.2) is 14.6 Å². The predicted molar refractivity (Wildman–Crippen MR) is 197 cm³/mol. The van der Waals surface area contributed by atoms with E-state index in [1.165, 1.54) is 25.0 Å². The number of amides is 4. The zero-order chi connectivity index (χ0) is 38.8. The van der Waals surface area contributed by atoms with E-state index in [9.17, 15) is 24.3 Å². The number of benzene rings is 2. The number of rotatable bonds is 6. The van der Waals surface area contributed by atoms with Crippen LogP contribution in [0.25, 0.3) is 0 Å². The molecule has 0 spiro atoms. The second-order valence-corrected chi connectivity index (χ2v) is 13.2. The minimum Gasteiger partial charge on any atom is -0.493 e. The molecule has 2 aromatic heterocycles. The van der Waals surface area contributed by atoms with Crippen LogP contribution in [0.4, 0.5) is 5.95 Å². The molecule has 2 aromatic carbocycles. The third-order valence-corrected chi connectivity index (χ3v) is 8.74. The molecule has 6 N–H and O–H groups in total. The first-order chi connectivity index (χ1) is 25.9. The van der Waals surface area contributed by atoms with Crippen LogP contribution in [-0.2, 0) is 29.0 Å². The van der Waals surface area contributed by atoms with Crippen molar-refractivity contribution >= 4 is 29.6 Å². The second-order valence-electron chi connectivity index (χ2n) is 13.2. The van der Waals surface area contributed by atoms with Gasteiger partial charge in [0.25, 0.3) is 11.8 Å². The van der Waals surface area contributed by atoms with Gasteiger partial charge in [0, 0.05) is 49.9 Å². The summed E-state index contributed by atoms with van der Waals surface area (Å²) in [6, 6.07) is 12.8. The van der Waals surface area contributed by atoms with Crippen molar-refractivity contribution in [3.05, 3.63) is 89.0 Å². The van der Waals surface area contributed by atoms with Crippen molar-refractivity contribution in [1.29, 1.82) is 0 Å². The summed E-state index contributed by atoms with van der Waals surface area (Å²) >= 11 is 0. The van der Waals surface area contributed by atoms with E-state index in [1.807, 2.05) is 32.0 Å². The molecule has 54 heavy (non-hydrogen) atoms. The van der Waals surface area contributed by atoms with E-state index < -0.39 is 41.8 Å². The average Bonchev–Trinajstić information content (AvgIpc) is 3.61. The summed E-state index contributed by atoms with van der Waals surface area (Å²) in [7, 11) is 1.45. The van der Waals surface area contributed by atoms with Gasteiger partial charge in [0.2, 0.25) is 17.8 Å². The molecule has 0 aliphatic carbocycles. The Balaban J connectivity index is 1.44. The zero-order valence-electron chi connectivity index (χ0n) is 30.7. The molecule has 4 amide bonds. The molecule has 2 aliphatic rings. The average molecular weight is 743 g/mol. The lowest BCUT2D eigenvalue weighted by molar-refractivity contribution is -0.132. The molecule has 4 heterocycles. The third kappa shape index (κ3) is 10.3. The number of aliphatic hydroxyl groups excluding tert-OH is 1. The molecule has 0 saturated heterocycles. The van der Waals surface area contributed by atoms with E-state index in [1.54, 1.807) is 41.2 Å². The molecular formula is C37H46N10O7. The summed E-state index contributed by atoms with van der Waals surface area (Å²) in [4.78, 5) is 64.6. The first-order valence-electron chi connectivity index (χ1n) is 17.7. The largest absolute Gasteiger partial charge is 0.493 e. The lowest BCUT2D eigenvalue weighted by atomic mass is 10.0. The molecule has 6 rings (SSSR count). The monoisotopic (exact) mass is 742 g/mol. The lowest BCUT2D eigenvalue weighted by Gasteiger charge is -2.26. The summed E-state index contributed by atoms with van der Waals surface area (Å²) in [5, 5.41) is 27.2. The number of carbonyl (C=O) groups is 4. The minimum absolute atomic E-state index is 0.0133. The number of fused-ring (bicyclic) bond motifs is 16. The van der Waals surface area contributed by atoms with Gasteiger partial charge in [-0.3, -0.25) is 19.2 Å². The van der Waals surface area contributed by atoms with Gasteiger partial charge in [-0.15, -0.1) is 5.10 Å². The van der Waals surface area contributed by atoms with Crippen molar-refractivity contribution in [1.82, 2.24) is 45.8 Å². The van der Waals surface area contributed by atoms with Crippen LogP contribution in [0.5, 0.6) is 11.5 Å². The van der Waals surface area contributed by atoms with Crippen LogP contribution < -0.4 is 31.2 Å². The molecule has 0 saturated carbocycles. The summed E-state index contributed by atoms with van der Waals surface area (Å²) in [5.41, 5.74) is 8.22. The number of aliphatic hydroxyl groups is 1. The Hall–Kier alpha value is -6.10. The first-order valence-corrected chi connectivity index (χ1v) is 17.7. The maximum Gasteiger partial charge on any atom is 0.272 e. The maximum absolute atomic E-state index is 13.9. The number of nitrogens with two attached hydrogens (primary N) is 1. The number of aromatic nitrogens is 5. The maximum atomic E-state index is 13.9. The van der Waals surface area contributed by atoms with Crippen molar-refractivity contribution < 1.29 is 33.8 Å². The van der Waals surface area contributed by atoms with Crippen molar-refractivity contribution in [2.45, 2.75) is 64.3 Å². The smallest absolute Gasteiger partial charge is 0.272 e. The van der Waals surface area contributed by atoms with Gasteiger partial charge in [-0.2, -0.15) is 0 Å². The van der Waals surface area contributed by atoms with Gasteiger partial charge in [-0.1, -0.05) is 49.4 Å². The Morgan fingerprint density at radius 3 is 2.52 bits per heavy atom. The number of ether oxygens (including phenoxy) is 2. The Morgan fingerprint density at radius 2 is 1.80 bits per heavy atom. The molecule has 3 atom stereocenters. The molecule has 2 aliphatic heterocycles. The first kappa shape index (κ1) is 39.1. The zero-order valence-corrected chi connectivity index (χ0v) is 30.7. The highest BCUT2D eigenvalue weighted by atomic mass is 16.5. The topological polar surface area (TPSA) is 229 Å². The lowest BCUT2D eigenvalue weighted by Crippen LogP contribution is -2.58. The number of anilines is 1. The van der Waals surface area contributed by atoms with Gasteiger partial charge in [0.15, 0.2) is 11.5 Å². The van der Waals surface area contributed by atoms with Crippen LogP contribution in [0.1, 0.15) is 64.5 Å². The van der Waals surface area contributed by atoms with E-state index in [4.69, 9.17) is 15.2 Å². The minimum atomic E-state index is -1.39. The fraction of sp³-hybridized carbons (Fsp3) is 0.405. The predicted octanol–water partition coefficient (Wildman–Crippen LogP) is 0.883. The molecule has 0 fully saturated rings. The van der Waals surface area contributed by atoms with Gasteiger partial charge in [0.05, 0.1) is 25.5 Å². The highest BCUT2D eigenvalue weighted by molar-refractivity contribution is 5.99. The second kappa shape index (κ2) is 18.1. The Labute approximate surface area is 312 Å². The normalized spacial score (nSPS) is 18.3. The third-order valence-electron chi connectivity index (χ3n) is 8.74. The molecule has 4 aromatic rings. The number of nitrogens with one attached hydrogen (secondary N) is 3. The van der Waals surface area contributed by atoms with E-state index in [2.05, 4.69) is 36.2 Å². The van der Waals surface area contributed by atoms with Crippen LogP contribution in [-0.4, -0.2) is 110 Å². The quantitative estimate of drug-likeness (QED) is 0.174. The molecule has 17 heteroatoms. The highest BCUT2D eigenvalue weighted by Crippen LogP contribution is 2.28. The molecule has 0 radical (unpaired) electrons. The van der Waals surface area contributed by atoms with Crippen LogP contribution in [0.15, 0.2) is 60.8 Å². The Kier molecular flexibility index (Phi) is 13.1. The highest BCUT2D eigenvalue weighted by Gasteiger charge is 2.31. The van der Waals surface area contributed by atoms with Gasteiger partial charge >= 0.3 is 0 Å². The molecular weight excluding hydrogens is 696 g/mol. The number of hydrogen-bond acceptors (Lipinski definition) is 12. The van der Waals surface area contributed by atoms with Gasteiger partial charge < -0.3 is 41.2 Å². The van der Waals surface area contributed by atoms with E-state index >= 15 is 0 Å². The van der Waals surface area contributed by atoms with Gasteiger partial charge in [0.1, 0.15) is 24.4 Å². The fourth-order valence-corrected chi connectivity index (χ4v) is 5.74. The standard InChI is InChI=1S/C37H46N10O7/c1-22(2)27-20-29(42-37(38)41-27)36(52)46-14-12-26-21-47(45-44-26)16-17-54-30-11-10-25(19-31(30)53-4)33(49)40-28(18-24-8-6-5-7-9-24)34(50)43-32(23(3)48)35(51)39-13-15-46/h5-11,19-23,28,32,48H,12-18H2,1-4H3,(H,39,51)(H,40,49)(H,43,50)(H2,38,41,42)/t23-,28-,32+/m1/s1. The van der Waals surface area contributed by atoms with E-state index in [0.29, 0.717) is 35.9 Å². The molecule has 286 valence electrons. The fourth-order valence-electron chi connectivity index (χ4n) is 5.74. The van der Waals surface area contributed by atoms with Crippen molar-refractivity contribution in [2.24, 2.45) is 0 Å². The van der Waals surface area contributed by atoms with Crippen LogP contribution in [0.2, 0.25) is 0 Å². The van der Waals surface area contributed by atoms with Gasteiger partial charge in [-0.05, 0) is 42.7 Å². The summed E-state index contributed by atoms with van der Waals surface area (Å²) < 4.78 is 13.1. The molecule has 17 nitrogen and oxygen atoms in total. The molecule has 4 bridgehead atoms. The van der Waals surface area contributed by atoms with Crippen molar-refractivity contribution in [3.8, 4) is 11.5 Å². The Bertz CT molecular complexity index is 1940.